The Labute approximate surface area is 123 Å². The van der Waals surface area contributed by atoms with Crippen LogP contribution in [0.15, 0.2) is 29.6 Å². The Morgan fingerprint density at radius 3 is 2.89 bits per heavy atom. The number of carbonyl (C=O) groups excluding carboxylic acids is 1. The molecule has 0 saturated heterocycles. The van der Waals surface area contributed by atoms with Gasteiger partial charge < -0.3 is 11.1 Å². The summed E-state index contributed by atoms with van der Waals surface area (Å²) in [6.45, 7) is 2.91. The van der Waals surface area contributed by atoms with Crippen LogP contribution in [0.1, 0.15) is 12.5 Å². The van der Waals surface area contributed by atoms with Gasteiger partial charge in [-0.3, -0.25) is 4.79 Å². The quantitative estimate of drug-likeness (QED) is 0.891. The molecule has 5 heteroatoms. The average molecular weight is 299 g/mol. The van der Waals surface area contributed by atoms with Gasteiger partial charge in [0.2, 0.25) is 5.91 Å². The molecule has 0 radical (unpaired) electrons. The number of nitrogens with one attached hydrogen (secondary N) is 1. The molecule has 0 saturated carbocycles. The fraction of sp³-hybridized carbons (Fsp3) is 0.357. The van der Waals surface area contributed by atoms with Crippen molar-refractivity contribution in [3.8, 4) is 0 Å². The molecule has 3 nitrogen and oxygen atoms in total. The number of hydrogen-bond acceptors (Lipinski definition) is 3. The Morgan fingerprint density at radius 1 is 1.42 bits per heavy atom. The van der Waals surface area contributed by atoms with Gasteiger partial charge in [-0.15, -0.1) is 23.7 Å². The van der Waals surface area contributed by atoms with Gasteiger partial charge in [0.25, 0.3) is 0 Å². The number of nitrogens with two attached hydrogens (primary N) is 1. The molecule has 104 valence electrons. The summed E-state index contributed by atoms with van der Waals surface area (Å²) in [6.07, 6.45) is 0.868. The molecule has 0 bridgehead atoms. The highest BCUT2D eigenvalue weighted by molar-refractivity contribution is 7.17. The van der Waals surface area contributed by atoms with Gasteiger partial charge in [0.15, 0.2) is 0 Å². The molecule has 0 fully saturated rings. The number of halogens is 1. The van der Waals surface area contributed by atoms with Crippen LogP contribution in [0.5, 0.6) is 0 Å². The predicted molar refractivity (Wildman–Crippen MR) is 84.0 cm³/mol. The van der Waals surface area contributed by atoms with Crippen molar-refractivity contribution in [2.24, 2.45) is 11.7 Å². The molecule has 19 heavy (non-hydrogen) atoms. The van der Waals surface area contributed by atoms with E-state index >= 15 is 0 Å². The van der Waals surface area contributed by atoms with Crippen molar-refractivity contribution in [1.82, 2.24) is 5.32 Å². The lowest BCUT2D eigenvalue weighted by atomic mass is 10.1. The average Bonchev–Trinajstić information content (AvgIpc) is 2.81. The van der Waals surface area contributed by atoms with Crippen LogP contribution >= 0.6 is 23.7 Å². The van der Waals surface area contributed by atoms with Crippen molar-refractivity contribution < 1.29 is 4.79 Å². The second-order valence-corrected chi connectivity index (χ2v) is 5.35. The van der Waals surface area contributed by atoms with Gasteiger partial charge in [-0.25, -0.2) is 0 Å². The van der Waals surface area contributed by atoms with Crippen LogP contribution < -0.4 is 11.1 Å². The molecule has 1 aromatic carbocycles. The minimum Gasteiger partial charge on any atom is -0.355 e. The number of carbonyl (C=O) groups is 1. The molecule has 2 rings (SSSR count). The van der Waals surface area contributed by atoms with Crippen molar-refractivity contribution in [2.75, 3.05) is 13.1 Å². The molecule has 3 N–H and O–H groups in total. The summed E-state index contributed by atoms with van der Waals surface area (Å²) in [5.74, 6) is -0.0683. The second-order valence-electron chi connectivity index (χ2n) is 4.43. The summed E-state index contributed by atoms with van der Waals surface area (Å²) in [7, 11) is 0. The number of rotatable bonds is 5. The lowest BCUT2D eigenvalue weighted by Crippen LogP contribution is -2.34. The van der Waals surface area contributed by atoms with E-state index in [1.807, 2.05) is 19.1 Å². The lowest BCUT2D eigenvalue weighted by molar-refractivity contribution is -0.124. The van der Waals surface area contributed by atoms with Crippen LogP contribution in [0, 0.1) is 5.92 Å². The molecule has 0 aliphatic heterocycles. The molecule has 1 amide bonds. The van der Waals surface area contributed by atoms with Gasteiger partial charge in [0.05, 0.1) is 0 Å². The first-order chi connectivity index (χ1) is 8.72. The van der Waals surface area contributed by atoms with E-state index in [0.29, 0.717) is 13.1 Å². The van der Waals surface area contributed by atoms with E-state index in [9.17, 15) is 4.79 Å². The summed E-state index contributed by atoms with van der Waals surface area (Å²) >= 11 is 1.75. The topological polar surface area (TPSA) is 55.1 Å². The largest absolute Gasteiger partial charge is 0.355 e. The first-order valence-electron chi connectivity index (χ1n) is 6.15. The number of thiophene rings is 1. The minimum absolute atomic E-state index is 0. The van der Waals surface area contributed by atoms with Gasteiger partial charge >= 0.3 is 0 Å². The third-order valence-corrected chi connectivity index (χ3v) is 4.07. The third-order valence-electron chi connectivity index (χ3n) is 3.06. The fourth-order valence-corrected chi connectivity index (χ4v) is 2.83. The van der Waals surface area contributed by atoms with Crippen LogP contribution in [0.2, 0.25) is 0 Å². The standard InChI is InChI=1S/C14H18N2OS.ClH/c1-10(8-15)14(17)16-7-6-11-9-18-13-5-3-2-4-12(11)13;/h2-5,9-10H,6-8,15H2,1H3,(H,16,17);1H. The normalized spacial score (nSPS) is 11.9. The van der Waals surface area contributed by atoms with Crippen LogP contribution in [0.4, 0.5) is 0 Å². The highest BCUT2D eigenvalue weighted by Gasteiger charge is 2.10. The Hall–Kier alpha value is -1.10. The first-order valence-corrected chi connectivity index (χ1v) is 7.03. The van der Waals surface area contributed by atoms with Gasteiger partial charge in [-0.2, -0.15) is 0 Å². The Morgan fingerprint density at radius 2 is 2.16 bits per heavy atom. The van der Waals surface area contributed by atoms with Crippen molar-refractivity contribution in [3.05, 3.63) is 35.2 Å². The number of amides is 1. The minimum atomic E-state index is -0.107. The van der Waals surface area contributed by atoms with Crippen LogP contribution in [0.3, 0.4) is 0 Å². The molecule has 2 aromatic rings. The zero-order chi connectivity index (χ0) is 13.0. The summed E-state index contributed by atoms with van der Waals surface area (Å²) in [4.78, 5) is 11.6. The van der Waals surface area contributed by atoms with Crippen molar-refractivity contribution >= 4 is 39.7 Å². The smallest absolute Gasteiger partial charge is 0.224 e. The third kappa shape index (κ3) is 3.93. The molecule has 0 aliphatic rings. The van der Waals surface area contributed by atoms with Crippen molar-refractivity contribution in [1.29, 1.82) is 0 Å². The van der Waals surface area contributed by atoms with Gasteiger partial charge in [-0.1, -0.05) is 25.1 Å². The van der Waals surface area contributed by atoms with Crippen LogP contribution in [-0.4, -0.2) is 19.0 Å². The number of benzene rings is 1. The van der Waals surface area contributed by atoms with Crippen LogP contribution in [0.25, 0.3) is 10.1 Å². The highest BCUT2D eigenvalue weighted by Crippen LogP contribution is 2.25. The zero-order valence-electron chi connectivity index (χ0n) is 10.9. The Balaban J connectivity index is 0.00000180. The van der Waals surface area contributed by atoms with E-state index in [1.165, 1.54) is 15.6 Å². The van der Waals surface area contributed by atoms with Gasteiger partial charge in [0.1, 0.15) is 0 Å². The molecular weight excluding hydrogens is 280 g/mol. The summed E-state index contributed by atoms with van der Waals surface area (Å²) < 4.78 is 1.30. The van der Waals surface area contributed by atoms with E-state index in [4.69, 9.17) is 5.73 Å². The van der Waals surface area contributed by atoms with E-state index < -0.39 is 0 Å². The number of hydrogen-bond donors (Lipinski definition) is 2. The van der Waals surface area contributed by atoms with E-state index in [1.54, 1.807) is 11.3 Å². The van der Waals surface area contributed by atoms with E-state index in [2.05, 4.69) is 22.8 Å². The summed E-state index contributed by atoms with van der Waals surface area (Å²) in [5.41, 5.74) is 6.76. The fourth-order valence-electron chi connectivity index (χ4n) is 1.83. The van der Waals surface area contributed by atoms with E-state index in [0.717, 1.165) is 6.42 Å². The molecule has 1 heterocycles. The predicted octanol–water partition coefficient (Wildman–Crippen LogP) is 2.58. The zero-order valence-corrected chi connectivity index (χ0v) is 12.5. The molecular formula is C14H19ClN2OS. The molecule has 1 unspecified atom stereocenters. The highest BCUT2D eigenvalue weighted by atomic mass is 35.5. The monoisotopic (exact) mass is 298 g/mol. The summed E-state index contributed by atoms with van der Waals surface area (Å²) in [6, 6.07) is 8.35. The summed E-state index contributed by atoms with van der Waals surface area (Å²) in [5, 5.41) is 6.39. The maximum absolute atomic E-state index is 11.6. The van der Waals surface area contributed by atoms with E-state index in [-0.39, 0.29) is 24.2 Å². The van der Waals surface area contributed by atoms with Crippen molar-refractivity contribution in [2.45, 2.75) is 13.3 Å². The second kappa shape index (κ2) is 7.48. The Bertz CT molecular complexity index is 541. The lowest BCUT2D eigenvalue weighted by Gasteiger charge is -2.09. The van der Waals surface area contributed by atoms with Crippen LogP contribution in [-0.2, 0) is 11.2 Å². The Kier molecular flexibility index (Phi) is 6.28. The molecule has 1 aromatic heterocycles. The van der Waals surface area contributed by atoms with Gasteiger partial charge in [-0.05, 0) is 28.8 Å². The maximum atomic E-state index is 11.6. The van der Waals surface area contributed by atoms with Crippen molar-refractivity contribution in [3.63, 3.8) is 0 Å². The van der Waals surface area contributed by atoms with Gasteiger partial charge in [0, 0.05) is 23.7 Å². The maximum Gasteiger partial charge on any atom is 0.224 e. The number of fused-ring (bicyclic) bond motifs is 1. The first kappa shape index (κ1) is 16.0. The molecule has 0 aliphatic carbocycles. The molecule has 1 atom stereocenters. The molecule has 0 spiro atoms. The SMILES string of the molecule is CC(CN)C(=O)NCCc1csc2ccccc12.Cl.